The molecule has 0 saturated carbocycles. The van der Waals surface area contributed by atoms with Crippen LogP contribution in [-0.2, 0) is 17.6 Å². The third kappa shape index (κ3) is 3.83. The molecule has 0 spiro atoms. The Labute approximate surface area is 180 Å². The molecule has 1 atom stereocenters. The summed E-state index contributed by atoms with van der Waals surface area (Å²) in [6, 6.07) is 4.90. The molecule has 1 unspecified atom stereocenters. The highest BCUT2D eigenvalue weighted by molar-refractivity contribution is 5.98. The minimum absolute atomic E-state index is 0.0266. The number of rotatable bonds is 5. The zero-order valence-corrected chi connectivity index (χ0v) is 16.9. The van der Waals surface area contributed by atoms with Crippen LogP contribution >= 0.6 is 0 Å². The Morgan fingerprint density at radius 2 is 1.66 bits per heavy atom. The predicted molar refractivity (Wildman–Crippen MR) is 106 cm³/mol. The van der Waals surface area contributed by atoms with E-state index < -0.39 is 41.1 Å². The summed E-state index contributed by atoms with van der Waals surface area (Å²) in [7, 11) is 1.34. The molecule has 6 nitrogen and oxygen atoms in total. The first-order chi connectivity index (χ1) is 15.3. The van der Waals surface area contributed by atoms with Crippen LogP contribution in [0.15, 0.2) is 36.4 Å². The Hall–Kier alpha value is -3.69. The molecular weight excluding hydrogens is 428 g/mol. The lowest BCUT2D eigenvalue weighted by molar-refractivity contribution is -0.122. The first kappa shape index (κ1) is 21.5. The van der Waals surface area contributed by atoms with E-state index in [0.717, 1.165) is 30.7 Å². The van der Waals surface area contributed by atoms with Gasteiger partial charge in [0.15, 0.2) is 29.0 Å². The van der Waals surface area contributed by atoms with E-state index in [9.17, 15) is 27.2 Å². The van der Waals surface area contributed by atoms with E-state index in [-0.39, 0.29) is 16.9 Å². The van der Waals surface area contributed by atoms with Crippen LogP contribution < -0.4 is 10.6 Å². The summed E-state index contributed by atoms with van der Waals surface area (Å²) >= 11 is 0. The lowest BCUT2D eigenvalue weighted by Gasteiger charge is -2.17. The van der Waals surface area contributed by atoms with Crippen LogP contribution in [0, 0.1) is 23.3 Å². The lowest BCUT2D eigenvalue weighted by atomic mass is 10.0. The maximum absolute atomic E-state index is 13.7. The molecule has 4 rings (SSSR count). The van der Waals surface area contributed by atoms with Crippen molar-refractivity contribution in [1.82, 2.24) is 20.4 Å². The number of likely N-dealkylation sites (N-methyl/N-ethyl adjacent to an activating group) is 1. The van der Waals surface area contributed by atoms with Gasteiger partial charge in [-0.3, -0.25) is 9.59 Å². The minimum atomic E-state index is -1.30. The fraction of sp³-hybridized carbons (Fsp3) is 0.227. The van der Waals surface area contributed by atoms with E-state index in [2.05, 4.69) is 15.7 Å². The van der Waals surface area contributed by atoms with Crippen molar-refractivity contribution in [1.29, 1.82) is 0 Å². The highest BCUT2D eigenvalue weighted by atomic mass is 19.2. The standard InChI is InChI=1S/C22H18F4N4O2/c1-27-21(31)19(11-5-7-14(23)16(25)9-11)28-22(32)20-13-3-2-4-18(13)30(29-20)12-6-8-15(24)17(26)10-12/h5-10,19H,2-4H2,1H3,(H,27,31)(H,28,32). The molecule has 0 fully saturated rings. The van der Waals surface area contributed by atoms with Crippen molar-refractivity contribution >= 4 is 11.8 Å². The third-order valence-electron chi connectivity index (χ3n) is 5.35. The molecule has 0 aliphatic heterocycles. The maximum Gasteiger partial charge on any atom is 0.272 e. The van der Waals surface area contributed by atoms with Crippen LogP contribution in [0.1, 0.15) is 39.8 Å². The van der Waals surface area contributed by atoms with E-state index in [1.807, 2.05) is 0 Å². The van der Waals surface area contributed by atoms with Gasteiger partial charge in [-0.1, -0.05) is 6.07 Å². The molecule has 1 aliphatic carbocycles. The van der Waals surface area contributed by atoms with Crippen molar-refractivity contribution in [2.75, 3.05) is 7.05 Å². The van der Waals surface area contributed by atoms with Crippen LogP contribution in [-0.4, -0.2) is 28.6 Å². The van der Waals surface area contributed by atoms with Gasteiger partial charge in [0.1, 0.15) is 6.04 Å². The highest BCUT2D eigenvalue weighted by Crippen LogP contribution is 2.29. The zero-order chi connectivity index (χ0) is 23.0. The van der Waals surface area contributed by atoms with Crippen molar-refractivity contribution in [2.24, 2.45) is 0 Å². The maximum atomic E-state index is 13.7. The van der Waals surface area contributed by atoms with Crippen molar-refractivity contribution in [3.8, 4) is 5.69 Å². The molecule has 1 aliphatic rings. The molecule has 3 aromatic rings. The SMILES string of the molecule is CNC(=O)C(NC(=O)c1nn(-c2ccc(F)c(F)c2)c2c1CCC2)c1ccc(F)c(F)c1. The zero-order valence-electron chi connectivity index (χ0n) is 16.9. The van der Waals surface area contributed by atoms with Gasteiger partial charge in [0.05, 0.1) is 5.69 Å². The Kier molecular flexibility index (Phi) is 5.68. The van der Waals surface area contributed by atoms with Gasteiger partial charge in [0.2, 0.25) is 5.91 Å². The van der Waals surface area contributed by atoms with E-state index in [1.165, 1.54) is 23.9 Å². The largest absolute Gasteiger partial charge is 0.357 e. The van der Waals surface area contributed by atoms with Gasteiger partial charge in [0.25, 0.3) is 5.91 Å². The monoisotopic (exact) mass is 446 g/mol. The summed E-state index contributed by atoms with van der Waals surface area (Å²) in [5.41, 5.74) is 1.65. The van der Waals surface area contributed by atoms with Gasteiger partial charge in [-0.15, -0.1) is 0 Å². The second kappa shape index (κ2) is 8.45. The number of benzene rings is 2. The van der Waals surface area contributed by atoms with Crippen molar-refractivity contribution in [2.45, 2.75) is 25.3 Å². The topological polar surface area (TPSA) is 76.0 Å². The predicted octanol–water partition coefficient (Wildman–Crippen LogP) is 3.13. The molecule has 32 heavy (non-hydrogen) atoms. The summed E-state index contributed by atoms with van der Waals surface area (Å²) in [5, 5.41) is 9.17. The van der Waals surface area contributed by atoms with Gasteiger partial charge < -0.3 is 10.6 Å². The first-order valence-corrected chi connectivity index (χ1v) is 9.83. The number of amides is 2. The molecule has 0 bridgehead atoms. The van der Waals surface area contributed by atoms with Crippen molar-refractivity contribution in [3.05, 3.63) is 82.2 Å². The second-order valence-electron chi connectivity index (χ2n) is 7.33. The first-order valence-electron chi connectivity index (χ1n) is 9.83. The van der Waals surface area contributed by atoms with Crippen LogP contribution in [0.3, 0.4) is 0 Å². The number of aromatic nitrogens is 2. The Morgan fingerprint density at radius 1 is 0.969 bits per heavy atom. The number of carbonyl (C=O) groups is 2. The number of hydrogen-bond donors (Lipinski definition) is 2. The van der Waals surface area contributed by atoms with Crippen LogP contribution in [0.25, 0.3) is 5.69 Å². The van der Waals surface area contributed by atoms with E-state index in [4.69, 9.17) is 0 Å². The highest BCUT2D eigenvalue weighted by Gasteiger charge is 2.30. The molecule has 0 saturated heterocycles. The number of halogens is 4. The molecule has 1 aromatic heterocycles. The van der Waals surface area contributed by atoms with Crippen molar-refractivity contribution in [3.63, 3.8) is 0 Å². The summed E-state index contributed by atoms with van der Waals surface area (Å²) < 4.78 is 55.5. The molecule has 2 aromatic carbocycles. The number of fused-ring (bicyclic) bond motifs is 1. The number of hydrogen-bond acceptors (Lipinski definition) is 3. The van der Waals surface area contributed by atoms with E-state index in [1.54, 1.807) is 0 Å². The van der Waals surface area contributed by atoms with Gasteiger partial charge in [-0.05, 0) is 49.1 Å². The normalized spacial score (nSPS) is 13.5. The molecule has 2 amide bonds. The summed E-state index contributed by atoms with van der Waals surface area (Å²) in [4.78, 5) is 25.4. The summed E-state index contributed by atoms with van der Waals surface area (Å²) in [5.74, 6) is -5.64. The number of carbonyl (C=O) groups excluding carboxylic acids is 2. The summed E-state index contributed by atoms with van der Waals surface area (Å²) in [6.07, 6.45) is 1.85. The van der Waals surface area contributed by atoms with Gasteiger partial charge in [-0.2, -0.15) is 5.10 Å². The fourth-order valence-electron chi connectivity index (χ4n) is 3.79. The molecule has 0 radical (unpaired) electrons. The average molecular weight is 446 g/mol. The Balaban J connectivity index is 1.70. The quantitative estimate of drug-likeness (QED) is 0.592. The van der Waals surface area contributed by atoms with Crippen LogP contribution in [0.2, 0.25) is 0 Å². The van der Waals surface area contributed by atoms with Crippen LogP contribution in [0.4, 0.5) is 17.6 Å². The Morgan fingerprint density at radius 3 is 2.31 bits per heavy atom. The lowest BCUT2D eigenvalue weighted by Crippen LogP contribution is -2.39. The van der Waals surface area contributed by atoms with Crippen molar-refractivity contribution < 1.29 is 27.2 Å². The third-order valence-corrected chi connectivity index (χ3v) is 5.35. The van der Waals surface area contributed by atoms with E-state index in [0.29, 0.717) is 24.1 Å². The molecule has 1 heterocycles. The molecule has 2 N–H and O–H groups in total. The molecular formula is C22H18F4N4O2. The van der Waals surface area contributed by atoms with Gasteiger partial charge in [-0.25, -0.2) is 22.2 Å². The van der Waals surface area contributed by atoms with Gasteiger partial charge >= 0.3 is 0 Å². The second-order valence-corrected chi connectivity index (χ2v) is 7.33. The number of nitrogens with one attached hydrogen (secondary N) is 2. The van der Waals surface area contributed by atoms with Crippen LogP contribution in [0.5, 0.6) is 0 Å². The molecule has 166 valence electrons. The number of nitrogens with zero attached hydrogens (tertiary/aromatic N) is 2. The average Bonchev–Trinajstić information content (AvgIpc) is 3.38. The summed E-state index contributed by atoms with van der Waals surface area (Å²) in [6.45, 7) is 0. The smallest absolute Gasteiger partial charge is 0.272 e. The van der Waals surface area contributed by atoms with Gasteiger partial charge in [0, 0.05) is 24.4 Å². The molecule has 10 heteroatoms. The fourth-order valence-corrected chi connectivity index (χ4v) is 3.79. The minimum Gasteiger partial charge on any atom is -0.357 e. The van der Waals surface area contributed by atoms with E-state index >= 15 is 0 Å². The Bertz CT molecular complexity index is 1220.